The number of halogens is 1. The third kappa shape index (κ3) is 2.66. The minimum absolute atomic E-state index is 0.0376. The highest BCUT2D eigenvalue weighted by atomic mass is 79.9. The number of hydrogen-bond donors (Lipinski definition) is 2. The van der Waals surface area contributed by atoms with Gasteiger partial charge in [0.1, 0.15) is 6.54 Å². The number of aliphatic hydroxyl groups excluding tert-OH is 1. The average molecular weight is 347 g/mol. The molecule has 2 N–H and O–H groups in total. The van der Waals surface area contributed by atoms with Crippen molar-refractivity contribution >= 4 is 38.9 Å². The molecule has 1 aliphatic heterocycles. The first-order chi connectivity index (χ1) is 10.1. The quantitative estimate of drug-likeness (QED) is 0.873. The first kappa shape index (κ1) is 14.1. The lowest BCUT2D eigenvalue weighted by Crippen LogP contribution is -2.34. The normalized spacial score (nSPS) is 15.4. The molecular formula is C16H15BrN2O2. The Morgan fingerprint density at radius 1 is 1.29 bits per heavy atom. The fraction of sp³-hybridized carbons (Fsp3) is 0.188. The summed E-state index contributed by atoms with van der Waals surface area (Å²) in [6.07, 6.45) is -0.537. The number of benzene rings is 2. The Kier molecular flexibility index (Phi) is 3.69. The predicted molar refractivity (Wildman–Crippen MR) is 86.9 cm³/mol. The van der Waals surface area contributed by atoms with Crippen molar-refractivity contribution in [1.29, 1.82) is 0 Å². The van der Waals surface area contributed by atoms with Crippen molar-refractivity contribution in [1.82, 2.24) is 0 Å². The smallest absolute Gasteiger partial charge is 0.244 e. The Hall–Kier alpha value is -1.85. The molecule has 3 rings (SSSR count). The molecule has 0 bridgehead atoms. The van der Waals surface area contributed by atoms with Gasteiger partial charge in [0.25, 0.3) is 0 Å². The van der Waals surface area contributed by atoms with Gasteiger partial charge < -0.3 is 15.3 Å². The second kappa shape index (κ2) is 5.50. The van der Waals surface area contributed by atoms with E-state index in [1.807, 2.05) is 47.4 Å². The van der Waals surface area contributed by atoms with Crippen LogP contribution in [0.1, 0.15) is 18.6 Å². The Morgan fingerprint density at radius 2 is 2.05 bits per heavy atom. The number of carbonyl (C=O) groups excluding carboxylic acids is 1. The van der Waals surface area contributed by atoms with Crippen LogP contribution in [0, 0.1) is 0 Å². The molecule has 0 aliphatic carbocycles. The molecule has 5 heteroatoms. The number of carbonyl (C=O) groups is 1. The van der Waals surface area contributed by atoms with Crippen LogP contribution in [-0.4, -0.2) is 17.6 Å². The van der Waals surface area contributed by atoms with Gasteiger partial charge in [-0.25, -0.2) is 0 Å². The summed E-state index contributed by atoms with van der Waals surface area (Å²) in [6, 6.07) is 13.4. The van der Waals surface area contributed by atoms with Crippen molar-refractivity contribution in [3.05, 3.63) is 52.5 Å². The number of anilines is 3. The molecule has 1 amide bonds. The van der Waals surface area contributed by atoms with Crippen molar-refractivity contribution < 1.29 is 9.90 Å². The Morgan fingerprint density at radius 3 is 2.76 bits per heavy atom. The number of fused-ring (bicyclic) bond motifs is 1. The SMILES string of the molecule is C[C@@H](O)c1ccc(N2CC(=O)Nc3ccccc32)cc1Br. The van der Waals surface area contributed by atoms with Gasteiger partial charge in [-0.2, -0.15) is 0 Å². The topological polar surface area (TPSA) is 52.6 Å². The van der Waals surface area contributed by atoms with Crippen molar-refractivity contribution in [2.45, 2.75) is 13.0 Å². The molecule has 2 aromatic carbocycles. The number of para-hydroxylation sites is 2. The summed E-state index contributed by atoms with van der Waals surface area (Å²) in [4.78, 5) is 13.8. The van der Waals surface area contributed by atoms with Crippen LogP contribution in [0.15, 0.2) is 46.9 Å². The van der Waals surface area contributed by atoms with E-state index in [0.29, 0.717) is 0 Å². The minimum Gasteiger partial charge on any atom is -0.389 e. The third-order valence-corrected chi connectivity index (χ3v) is 4.20. The predicted octanol–water partition coefficient (Wildman–Crippen LogP) is 3.59. The number of nitrogens with zero attached hydrogens (tertiary/aromatic N) is 1. The largest absolute Gasteiger partial charge is 0.389 e. The molecule has 1 atom stereocenters. The van der Waals surface area contributed by atoms with Gasteiger partial charge in [-0.3, -0.25) is 4.79 Å². The van der Waals surface area contributed by atoms with E-state index in [2.05, 4.69) is 21.2 Å². The van der Waals surface area contributed by atoms with E-state index in [4.69, 9.17) is 0 Å². The van der Waals surface area contributed by atoms with E-state index >= 15 is 0 Å². The zero-order valence-electron chi connectivity index (χ0n) is 11.5. The molecule has 0 saturated heterocycles. The highest BCUT2D eigenvalue weighted by Crippen LogP contribution is 2.37. The van der Waals surface area contributed by atoms with Crippen LogP contribution in [0.3, 0.4) is 0 Å². The van der Waals surface area contributed by atoms with Gasteiger partial charge in [-0.1, -0.05) is 34.1 Å². The van der Waals surface area contributed by atoms with Gasteiger partial charge in [-0.05, 0) is 36.8 Å². The molecule has 2 aromatic rings. The maximum Gasteiger partial charge on any atom is 0.244 e. The van der Waals surface area contributed by atoms with Crippen molar-refractivity contribution in [2.75, 3.05) is 16.8 Å². The molecule has 0 spiro atoms. The van der Waals surface area contributed by atoms with Gasteiger partial charge in [0, 0.05) is 10.2 Å². The van der Waals surface area contributed by atoms with Gasteiger partial charge in [-0.15, -0.1) is 0 Å². The number of hydrogen-bond acceptors (Lipinski definition) is 3. The fourth-order valence-electron chi connectivity index (χ4n) is 2.49. The lowest BCUT2D eigenvalue weighted by Gasteiger charge is -2.31. The van der Waals surface area contributed by atoms with Crippen molar-refractivity contribution in [2.24, 2.45) is 0 Å². The van der Waals surface area contributed by atoms with E-state index in [0.717, 1.165) is 27.1 Å². The summed E-state index contributed by atoms with van der Waals surface area (Å²) in [5, 5.41) is 12.6. The van der Waals surface area contributed by atoms with Crippen LogP contribution in [0.5, 0.6) is 0 Å². The Balaban J connectivity index is 2.05. The van der Waals surface area contributed by atoms with Gasteiger partial charge in [0.05, 0.1) is 17.5 Å². The molecule has 0 radical (unpaired) electrons. The zero-order valence-corrected chi connectivity index (χ0v) is 13.1. The standard InChI is InChI=1S/C16H15BrN2O2/c1-10(20)12-7-6-11(8-13(12)17)19-9-16(21)18-14-4-2-3-5-15(14)19/h2-8,10,20H,9H2,1H3,(H,18,21)/t10-/m1/s1. The van der Waals surface area contributed by atoms with Crippen LogP contribution < -0.4 is 10.2 Å². The molecule has 0 aromatic heterocycles. The molecule has 108 valence electrons. The first-order valence-electron chi connectivity index (χ1n) is 6.70. The molecule has 1 heterocycles. The van der Waals surface area contributed by atoms with E-state index in [1.54, 1.807) is 6.92 Å². The van der Waals surface area contributed by atoms with E-state index in [-0.39, 0.29) is 12.5 Å². The monoisotopic (exact) mass is 346 g/mol. The zero-order chi connectivity index (χ0) is 15.0. The molecule has 1 aliphatic rings. The van der Waals surface area contributed by atoms with Crippen molar-refractivity contribution in [3.8, 4) is 0 Å². The van der Waals surface area contributed by atoms with Crippen LogP contribution >= 0.6 is 15.9 Å². The third-order valence-electron chi connectivity index (χ3n) is 3.52. The van der Waals surface area contributed by atoms with Crippen LogP contribution in [0.2, 0.25) is 0 Å². The van der Waals surface area contributed by atoms with E-state index < -0.39 is 6.10 Å². The first-order valence-corrected chi connectivity index (χ1v) is 7.49. The summed E-state index contributed by atoms with van der Waals surface area (Å²) < 4.78 is 0.832. The molecule has 0 fully saturated rings. The molecule has 0 saturated carbocycles. The maximum absolute atomic E-state index is 11.9. The maximum atomic E-state index is 11.9. The molecule has 21 heavy (non-hydrogen) atoms. The Bertz CT molecular complexity index is 700. The summed E-state index contributed by atoms with van der Waals surface area (Å²) in [7, 11) is 0. The van der Waals surface area contributed by atoms with Crippen LogP contribution in [-0.2, 0) is 4.79 Å². The lowest BCUT2D eigenvalue weighted by atomic mass is 10.1. The highest BCUT2D eigenvalue weighted by Gasteiger charge is 2.23. The molecule has 4 nitrogen and oxygen atoms in total. The van der Waals surface area contributed by atoms with Crippen molar-refractivity contribution in [3.63, 3.8) is 0 Å². The van der Waals surface area contributed by atoms with Crippen LogP contribution in [0.25, 0.3) is 0 Å². The molecular weight excluding hydrogens is 332 g/mol. The second-order valence-corrected chi connectivity index (χ2v) is 5.89. The highest BCUT2D eigenvalue weighted by molar-refractivity contribution is 9.10. The second-order valence-electron chi connectivity index (χ2n) is 5.03. The number of aliphatic hydroxyl groups is 1. The fourth-order valence-corrected chi connectivity index (χ4v) is 3.18. The summed E-state index contributed by atoms with van der Waals surface area (Å²) in [5.74, 6) is -0.0376. The average Bonchev–Trinajstić information content (AvgIpc) is 2.45. The summed E-state index contributed by atoms with van der Waals surface area (Å²) >= 11 is 3.48. The number of nitrogens with one attached hydrogen (secondary N) is 1. The number of amides is 1. The number of rotatable bonds is 2. The van der Waals surface area contributed by atoms with Gasteiger partial charge >= 0.3 is 0 Å². The Labute approximate surface area is 131 Å². The van der Waals surface area contributed by atoms with E-state index in [9.17, 15) is 9.90 Å². The molecule has 0 unspecified atom stereocenters. The van der Waals surface area contributed by atoms with E-state index in [1.165, 1.54) is 0 Å². The van der Waals surface area contributed by atoms with Gasteiger partial charge in [0.2, 0.25) is 5.91 Å². The lowest BCUT2D eigenvalue weighted by molar-refractivity contribution is -0.115. The van der Waals surface area contributed by atoms with Crippen LogP contribution in [0.4, 0.5) is 17.1 Å². The summed E-state index contributed by atoms with van der Waals surface area (Å²) in [5.41, 5.74) is 3.51. The van der Waals surface area contributed by atoms with Gasteiger partial charge in [0.15, 0.2) is 0 Å². The summed E-state index contributed by atoms with van der Waals surface area (Å²) in [6.45, 7) is 2.00. The minimum atomic E-state index is -0.537.